The molecule has 2 N–H and O–H groups in total. The van der Waals surface area contributed by atoms with E-state index in [1.54, 1.807) is 6.21 Å². The van der Waals surface area contributed by atoms with Crippen molar-refractivity contribution in [3.05, 3.63) is 48.0 Å². The Labute approximate surface area is 193 Å². The number of hydrogen-bond donors (Lipinski definition) is 2. The number of unbranched alkanes of at least 4 members (excludes halogenated alkanes) is 3. The zero-order valence-corrected chi connectivity index (χ0v) is 19.4. The first-order valence-corrected chi connectivity index (χ1v) is 12.0. The molecule has 0 saturated heterocycles. The van der Waals surface area contributed by atoms with Gasteiger partial charge in [0.1, 0.15) is 0 Å². The number of thioether (sulfide) groups is 1. The third-order valence-electron chi connectivity index (χ3n) is 4.63. The fourth-order valence-corrected chi connectivity index (χ4v) is 3.72. The van der Waals surface area contributed by atoms with Gasteiger partial charge in [0.25, 0.3) is 5.91 Å². The third-order valence-corrected chi connectivity index (χ3v) is 5.51. The third kappa shape index (κ3) is 7.30. The minimum atomic E-state index is -0.205. The highest BCUT2D eigenvalue weighted by Crippen LogP contribution is 2.28. The Kier molecular flexibility index (Phi) is 9.43. The number of carbonyl (C=O) groups is 1. The Bertz CT molecular complexity index is 1000. The summed E-state index contributed by atoms with van der Waals surface area (Å²) >= 11 is 1.33. The molecule has 7 nitrogen and oxygen atoms in total. The molecule has 0 aliphatic rings. The highest BCUT2D eigenvalue weighted by molar-refractivity contribution is 7.99. The van der Waals surface area contributed by atoms with Gasteiger partial charge in [-0.1, -0.05) is 50.1 Å². The second-order valence-corrected chi connectivity index (χ2v) is 8.15. The molecule has 1 heterocycles. The van der Waals surface area contributed by atoms with Gasteiger partial charge in [-0.2, -0.15) is 5.10 Å². The van der Waals surface area contributed by atoms with Gasteiger partial charge in [0.15, 0.2) is 16.7 Å². The molecule has 1 aromatic heterocycles. The lowest BCUT2D eigenvalue weighted by molar-refractivity contribution is -0.118. The van der Waals surface area contributed by atoms with Crippen LogP contribution in [0.4, 0.5) is 0 Å². The quantitative estimate of drug-likeness (QED) is 0.161. The van der Waals surface area contributed by atoms with E-state index < -0.39 is 0 Å². The lowest BCUT2D eigenvalue weighted by Gasteiger charge is -2.12. The predicted molar refractivity (Wildman–Crippen MR) is 130 cm³/mol. The number of benzene rings is 2. The van der Waals surface area contributed by atoms with Crippen LogP contribution < -0.4 is 14.9 Å². The van der Waals surface area contributed by atoms with Crippen molar-refractivity contribution in [1.82, 2.24) is 15.4 Å². The first-order valence-electron chi connectivity index (χ1n) is 11.0. The summed E-state index contributed by atoms with van der Waals surface area (Å²) in [6, 6.07) is 13.4. The summed E-state index contributed by atoms with van der Waals surface area (Å²) in [4.78, 5) is 19.7. The number of para-hydroxylation sites is 2. The summed E-state index contributed by atoms with van der Waals surface area (Å²) in [5.41, 5.74) is 5.20. The van der Waals surface area contributed by atoms with Crippen LogP contribution in [0.25, 0.3) is 11.0 Å². The molecule has 0 atom stereocenters. The molecule has 32 heavy (non-hydrogen) atoms. The molecule has 2 aromatic carbocycles. The van der Waals surface area contributed by atoms with Crippen LogP contribution in [0.15, 0.2) is 52.7 Å². The van der Waals surface area contributed by atoms with Crippen LogP contribution in [-0.2, 0) is 4.79 Å². The van der Waals surface area contributed by atoms with Crippen LogP contribution in [0.5, 0.6) is 11.5 Å². The Morgan fingerprint density at radius 1 is 1.12 bits per heavy atom. The maximum atomic E-state index is 12.1. The Hall–Kier alpha value is -3.00. The van der Waals surface area contributed by atoms with Crippen LogP contribution in [0.3, 0.4) is 0 Å². The fraction of sp³-hybridized carbons (Fsp3) is 0.375. The maximum absolute atomic E-state index is 12.1. The van der Waals surface area contributed by atoms with Crippen molar-refractivity contribution in [2.45, 2.75) is 44.7 Å². The molecule has 0 radical (unpaired) electrons. The van der Waals surface area contributed by atoms with Crippen LogP contribution in [0.2, 0.25) is 0 Å². The van der Waals surface area contributed by atoms with E-state index >= 15 is 0 Å². The molecule has 170 valence electrons. The number of ether oxygens (including phenoxy) is 2. The van der Waals surface area contributed by atoms with Crippen LogP contribution in [0, 0.1) is 0 Å². The van der Waals surface area contributed by atoms with Gasteiger partial charge >= 0.3 is 0 Å². The average Bonchev–Trinajstić information content (AvgIpc) is 3.22. The Morgan fingerprint density at radius 3 is 2.81 bits per heavy atom. The molecule has 0 saturated carbocycles. The van der Waals surface area contributed by atoms with Gasteiger partial charge in [-0.3, -0.25) is 4.79 Å². The summed E-state index contributed by atoms with van der Waals surface area (Å²) in [5.74, 6) is 1.42. The molecular formula is C24H30N4O3S. The number of nitrogens with one attached hydrogen (secondary N) is 2. The molecule has 8 heteroatoms. The number of nitrogens with zero attached hydrogens (tertiary/aromatic N) is 2. The van der Waals surface area contributed by atoms with E-state index in [2.05, 4.69) is 27.4 Å². The van der Waals surface area contributed by atoms with Gasteiger partial charge in [-0.25, -0.2) is 10.4 Å². The molecule has 0 fully saturated rings. The number of rotatable bonds is 13. The number of hydrazone groups is 1. The highest BCUT2D eigenvalue weighted by atomic mass is 32.2. The molecule has 1 amide bonds. The number of H-pyrrole nitrogens is 1. The Morgan fingerprint density at radius 2 is 2.00 bits per heavy atom. The summed E-state index contributed by atoms with van der Waals surface area (Å²) in [5, 5.41) is 4.76. The Balaban J connectivity index is 1.48. The van der Waals surface area contributed by atoms with Gasteiger partial charge in [0.2, 0.25) is 0 Å². The van der Waals surface area contributed by atoms with Gasteiger partial charge in [-0.05, 0) is 49.2 Å². The zero-order chi connectivity index (χ0) is 22.6. The summed E-state index contributed by atoms with van der Waals surface area (Å²) in [7, 11) is 0. The predicted octanol–water partition coefficient (Wildman–Crippen LogP) is 5.16. The fourth-order valence-electron chi connectivity index (χ4n) is 3.05. The SMILES string of the molecule is CCCCCCOc1ccc(/C=N/NC(=O)CSc2nc3ccccc3[nH]2)cc1OCC. The van der Waals surface area contributed by atoms with Crippen molar-refractivity contribution < 1.29 is 14.3 Å². The molecule has 0 bridgehead atoms. The molecular weight excluding hydrogens is 424 g/mol. The minimum absolute atomic E-state index is 0.205. The largest absolute Gasteiger partial charge is 0.490 e. The van der Waals surface area contributed by atoms with Crippen molar-refractivity contribution >= 4 is 34.9 Å². The van der Waals surface area contributed by atoms with Crippen LogP contribution in [-0.4, -0.2) is 41.1 Å². The maximum Gasteiger partial charge on any atom is 0.250 e. The standard InChI is InChI=1S/C24H30N4O3S/c1-3-5-6-9-14-31-21-13-12-18(15-22(21)30-4-2)16-25-28-23(29)17-32-24-26-19-10-7-8-11-20(19)27-24/h7-8,10-13,15-16H,3-6,9,14,17H2,1-2H3,(H,26,27)(H,28,29)/b25-16+. The van der Waals surface area contributed by atoms with Gasteiger partial charge < -0.3 is 14.5 Å². The number of imidazole rings is 1. The monoisotopic (exact) mass is 454 g/mol. The summed E-state index contributed by atoms with van der Waals surface area (Å²) in [6.07, 6.45) is 6.21. The smallest absolute Gasteiger partial charge is 0.250 e. The van der Waals surface area contributed by atoms with Crippen LogP contribution in [0.1, 0.15) is 45.1 Å². The second kappa shape index (κ2) is 12.8. The molecule has 0 unspecified atom stereocenters. The van der Waals surface area contributed by atoms with Crippen molar-refractivity contribution in [2.75, 3.05) is 19.0 Å². The van der Waals surface area contributed by atoms with Gasteiger partial charge in [-0.15, -0.1) is 0 Å². The van der Waals surface area contributed by atoms with E-state index in [1.807, 2.05) is 49.4 Å². The van der Waals surface area contributed by atoms with Crippen molar-refractivity contribution in [2.24, 2.45) is 5.10 Å². The average molecular weight is 455 g/mol. The first kappa shape index (κ1) is 23.7. The molecule has 3 rings (SSSR count). The lowest BCUT2D eigenvalue weighted by atomic mass is 10.2. The number of aromatic nitrogens is 2. The van der Waals surface area contributed by atoms with Crippen molar-refractivity contribution in [1.29, 1.82) is 0 Å². The minimum Gasteiger partial charge on any atom is -0.490 e. The second-order valence-electron chi connectivity index (χ2n) is 7.19. The summed E-state index contributed by atoms with van der Waals surface area (Å²) < 4.78 is 11.6. The normalized spacial score (nSPS) is 11.2. The summed E-state index contributed by atoms with van der Waals surface area (Å²) in [6.45, 7) is 5.34. The van der Waals surface area contributed by atoms with E-state index in [1.165, 1.54) is 31.0 Å². The van der Waals surface area contributed by atoms with Crippen LogP contribution >= 0.6 is 11.8 Å². The topological polar surface area (TPSA) is 88.6 Å². The first-order chi connectivity index (χ1) is 15.7. The molecule has 0 spiro atoms. The molecule has 0 aliphatic carbocycles. The van der Waals surface area contributed by atoms with E-state index in [0.717, 1.165) is 28.8 Å². The number of amides is 1. The van der Waals surface area contributed by atoms with E-state index in [9.17, 15) is 4.79 Å². The number of aromatic amines is 1. The van der Waals surface area contributed by atoms with E-state index in [0.29, 0.717) is 24.1 Å². The van der Waals surface area contributed by atoms with Gasteiger partial charge in [0.05, 0.1) is 36.2 Å². The number of fused-ring (bicyclic) bond motifs is 1. The highest BCUT2D eigenvalue weighted by Gasteiger charge is 2.08. The van der Waals surface area contributed by atoms with Gasteiger partial charge in [0, 0.05) is 0 Å². The zero-order valence-electron chi connectivity index (χ0n) is 18.6. The molecule has 0 aliphatic heterocycles. The van der Waals surface area contributed by atoms with E-state index in [-0.39, 0.29) is 11.7 Å². The lowest BCUT2D eigenvalue weighted by Crippen LogP contribution is -2.19. The van der Waals surface area contributed by atoms with E-state index in [4.69, 9.17) is 9.47 Å². The number of hydrogen-bond acceptors (Lipinski definition) is 6. The molecule has 3 aromatic rings. The number of carbonyl (C=O) groups excluding carboxylic acids is 1. The van der Waals surface area contributed by atoms with Crippen molar-refractivity contribution in [3.63, 3.8) is 0 Å². The van der Waals surface area contributed by atoms with Crippen molar-refractivity contribution in [3.8, 4) is 11.5 Å².